The van der Waals surface area contributed by atoms with Gasteiger partial charge in [0, 0.05) is 39.3 Å². The lowest BCUT2D eigenvalue weighted by Gasteiger charge is -2.35. The molecule has 0 bridgehead atoms. The first-order valence-corrected chi connectivity index (χ1v) is 8.78. The Morgan fingerprint density at radius 1 is 0.913 bits per heavy atom. The molecule has 128 valence electrons. The Labute approximate surface area is 140 Å². The molecule has 4 nitrogen and oxygen atoms in total. The maximum absolute atomic E-state index is 5.54. The summed E-state index contributed by atoms with van der Waals surface area (Å²) in [5, 5.41) is 0. The van der Waals surface area contributed by atoms with Crippen LogP contribution in [-0.4, -0.2) is 62.0 Å². The molecule has 0 N–H and O–H groups in total. The Bertz CT molecular complexity index is 481. The summed E-state index contributed by atoms with van der Waals surface area (Å²) in [7, 11) is 0. The van der Waals surface area contributed by atoms with Crippen LogP contribution in [0.5, 0.6) is 0 Å². The zero-order valence-electron chi connectivity index (χ0n) is 14.8. The third-order valence-corrected chi connectivity index (χ3v) is 4.79. The predicted octanol–water partition coefficient (Wildman–Crippen LogP) is 2.47. The molecule has 0 aromatic heterocycles. The van der Waals surface area contributed by atoms with Gasteiger partial charge < -0.3 is 9.47 Å². The lowest BCUT2D eigenvalue weighted by Crippen LogP contribution is -2.48. The highest BCUT2D eigenvalue weighted by atomic mass is 16.7. The van der Waals surface area contributed by atoms with Gasteiger partial charge in [0.05, 0.1) is 13.2 Å². The molecule has 0 radical (unpaired) electrons. The molecule has 0 saturated carbocycles. The standard InChI is InChI=1S/C19H30N2O2/c1-19(2,3)17-6-4-16(5-7-17)14-20-8-10-21(11-9-20)15-18-22-12-13-23-18/h4-7,18H,8-15H2,1-3H3. The van der Waals surface area contributed by atoms with Gasteiger partial charge in [-0.1, -0.05) is 45.0 Å². The molecule has 0 aliphatic carbocycles. The zero-order valence-corrected chi connectivity index (χ0v) is 14.8. The molecule has 2 fully saturated rings. The Morgan fingerprint density at radius 2 is 1.48 bits per heavy atom. The van der Waals surface area contributed by atoms with Crippen LogP contribution in [0.25, 0.3) is 0 Å². The van der Waals surface area contributed by atoms with Crippen LogP contribution >= 0.6 is 0 Å². The molecule has 1 aromatic rings. The van der Waals surface area contributed by atoms with Crippen molar-refractivity contribution in [1.82, 2.24) is 9.80 Å². The number of hydrogen-bond acceptors (Lipinski definition) is 4. The number of nitrogens with zero attached hydrogens (tertiary/aromatic N) is 2. The maximum Gasteiger partial charge on any atom is 0.170 e. The first kappa shape index (κ1) is 16.9. The monoisotopic (exact) mass is 318 g/mol. The molecule has 4 heteroatoms. The minimum Gasteiger partial charge on any atom is -0.349 e. The molecule has 0 amide bonds. The fraction of sp³-hybridized carbons (Fsp3) is 0.684. The topological polar surface area (TPSA) is 24.9 Å². The van der Waals surface area contributed by atoms with Crippen LogP contribution in [0.15, 0.2) is 24.3 Å². The van der Waals surface area contributed by atoms with Crippen LogP contribution in [-0.2, 0) is 21.4 Å². The van der Waals surface area contributed by atoms with Crippen molar-refractivity contribution in [3.63, 3.8) is 0 Å². The van der Waals surface area contributed by atoms with Gasteiger partial charge >= 0.3 is 0 Å². The van der Waals surface area contributed by atoms with E-state index in [2.05, 4.69) is 54.8 Å². The number of benzene rings is 1. The summed E-state index contributed by atoms with van der Waals surface area (Å²) in [6.07, 6.45) is -0.00788. The molecular weight excluding hydrogens is 288 g/mol. The molecule has 2 heterocycles. The SMILES string of the molecule is CC(C)(C)c1ccc(CN2CCN(CC3OCCO3)CC2)cc1. The van der Waals surface area contributed by atoms with E-state index >= 15 is 0 Å². The first-order valence-electron chi connectivity index (χ1n) is 8.78. The quantitative estimate of drug-likeness (QED) is 0.851. The molecule has 2 saturated heterocycles. The van der Waals surface area contributed by atoms with Gasteiger partial charge in [0.2, 0.25) is 0 Å². The average molecular weight is 318 g/mol. The van der Waals surface area contributed by atoms with Crippen molar-refractivity contribution in [2.24, 2.45) is 0 Å². The van der Waals surface area contributed by atoms with Gasteiger partial charge in [-0.05, 0) is 16.5 Å². The highest BCUT2D eigenvalue weighted by Crippen LogP contribution is 2.22. The van der Waals surface area contributed by atoms with Gasteiger partial charge in [-0.3, -0.25) is 9.80 Å². The Balaban J connectivity index is 1.45. The summed E-state index contributed by atoms with van der Waals surface area (Å²) in [6, 6.07) is 9.13. The smallest absolute Gasteiger partial charge is 0.170 e. The van der Waals surface area contributed by atoms with E-state index in [1.807, 2.05) is 0 Å². The second-order valence-corrected chi connectivity index (χ2v) is 7.69. The number of rotatable bonds is 4. The van der Waals surface area contributed by atoms with Crippen molar-refractivity contribution in [2.75, 3.05) is 45.9 Å². The van der Waals surface area contributed by atoms with Gasteiger partial charge in [-0.15, -0.1) is 0 Å². The largest absolute Gasteiger partial charge is 0.349 e. The van der Waals surface area contributed by atoms with Gasteiger partial charge in [0.1, 0.15) is 0 Å². The van der Waals surface area contributed by atoms with Crippen molar-refractivity contribution < 1.29 is 9.47 Å². The highest BCUT2D eigenvalue weighted by molar-refractivity contribution is 5.27. The average Bonchev–Trinajstić information content (AvgIpc) is 3.02. The van der Waals surface area contributed by atoms with E-state index in [1.54, 1.807) is 0 Å². The van der Waals surface area contributed by atoms with Crippen molar-refractivity contribution in [3.8, 4) is 0 Å². The highest BCUT2D eigenvalue weighted by Gasteiger charge is 2.23. The van der Waals surface area contributed by atoms with Gasteiger partial charge in [0.15, 0.2) is 6.29 Å². The second-order valence-electron chi connectivity index (χ2n) is 7.69. The van der Waals surface area contributed by atoms with Gasteiger partial charge in [0.25, 0.3) is 0 Å². The number of ether oxygens (including phenoxy) is 2. The minimum absolute atomic E-state index is 0.00788. The number of hydrogen-bond donors (Lipinski definition) is 0. The molecular formula is C19H30N2O2. The lowest BCUT2D eigenvalue weighted by molar-refractivity contribution is -0.0678. The molecule has 2 aliphatic heterocycles. The van der Waals surface area contributed by atoms with Gasteiger partial charge in [-0.25, -0.2) is 0 Å². The Hall–Kier alpha value is -0.940. The molecule has 23 heavy (non-hydrogen) atoms. The van der Waals surface area contributed by atoms with E-state index in [0.29, 0.717) is 0 Å². The Kier molecular flexibility index (Phi) is 5.37. The number of piperazine rings is 1. The summed E-state index contributed by atoms with van der Waals surface area (Å²) in [5.41, 5.74) is 3.05. The molecule has 0 spiro atoms. The summed E-state index contributed by atoms with van der Waals surface area (Å²) in [4.78, 5) is 4.99. The van der Waals surface area contributed by atoms with Crippen molar-refractivity contribution in [3.05, 3.63) is 35.4 Å². The molecule has 0 unspecified atom stereocenters. The normalized spacial score (nSPS) is 21.9. The summed E-state index contributed by atoms with van der Waals surface area (Å²) < 4.78 is 11.1. The fourth-order valence-electron chi connectivity index (χ4n) is 3.22. The molecule has 1 aromatic carbocycles. The van der Waals surface area contributed by atoms with Gasteiger partial charge in [-0.2, -0.15) is 0 Å². The third kappa shape index (κ3) is 4.77. The van der Waals surface area contributed by atoms with Crippen molar-refractivity contribution in [2.45, 2.75) is 39.0 Å². The van der Waals surface area contributed by atoms with Crippen LogP contribution in [0, 0.1) is 0 Å². The predicted molar refractivity (Wildman–Crippen MR) is 92.6 cm³/mol. The second kappa shape index (κ2) is 7.31. The lowest BCUT2D eigenvalue weighted by atomic mass is 9.87. The van der Waals surface area contributed by atoms with Crippen LogP contribution in [0.3, 0.4) is 0 Å². The maximum atomic E-state index is 5.54. The van der Waals surface area contributed by atoms with E-state index in [1.165, 1.54) is 11.1 Å². The third-order valence-electron chi connectivity index (χ3n) is 4.79. The summed E-state index contributed by atoms with van der Waals surface area (Å²) in [5.74, 6) is 0. The van der Waals surface area contributed by atoms with Crippen molar-refractivity contribution in [1.29, 1.82) is 0 Å². The van der Waals surface area contributed by atoms with E-state index in [9.17, 15) is 0 Å². The van der Waals surface area contributed by atoms with Crippen LogP contribution in [0.2, 0.25) is 0 Å². The fourth-order valence-corrected chi connectivity index (χ4v) is 3.22. The zero-order chi connectivity index (χ0) is 16.3. The van der Waals surface area contributed by atoms with Crippen LogP contribution in [0.4, 0.5) is 0 Å². The van der Waals surface area contributed by atoms with E-state index in [0.717, 1.165) is 52.5 Å². The van der Waals surface area contributed by atoms with Crippen LogP contribution < -0.4 is 0 Å². The molecule has 3 rings (SSSR count). The van der Waals surface area contributed by atoms with Crippen LogP contribution in [0.1, 0.15) is 31.9 Å². The summed E-state index contributed by atoms with van der Waals surface area (Å²) >= 11 is 0. The van der Waals surface area contributed by atoms with E-state index in [4.69, 9.17) is 9.47 Å². The molecule has 2 aliphatic rings. The van der Waals surface area contributed by atoms with E-state index < -0.39 is 0 Å². The summed E-state index contributed by atoms with van der Waals surface area (Å²) in [6.45, 7) is 14.7. The Morgan fingerprint density at radius 3 is 2.04 bits per heavy atom. The van der Waals surface area contributed by atoms with Crippen molar-refractivity contribution >= 4 is 0 Å². The minimum atomic E-state index is -0.00788. The van der Waals surface area contributed by atoms with E-state index in [-0.39, 0.29) is 11.7 Å². The first-order chi connectivity index (χ1) is 11.0. The molecule has 0 atom stereocenters.